The van der Waals surface area contributed by atoms with E-state index in [0.29, 0.717) is 0 Å². The van der Waals surface area contributed by atoms with Crippen molar-refractivity contribution in [3.8, 4) is 0 Å². The van der Waals surface area contributed by atoms with Crippen LogP contribution in [-0.2, 0) is 4.74 Å². The zero-order valence-electron chi connectivity index (χ0n) is 5.18. The third-order valence-electron chi connectivity index (χ3n) is 1.63. The molecule has 0 spiro atoms. The number of ether oxygens (including phenoxy) is 1. The van der Waals surface area contributed by atoms with Gasteiger partial charge in [-0.25, -0.2) is 0 Å². The molecule has 8 heavy (non-hydrogen) atoms. The van der Waals surface area contributed by atoms with Gasteiger partial charge in [-0.05, 0) is 19.8 Å². The minimum Gasteiger partial charge on any atom is -0.393 e. The number of aliphatic hydroxyl groups excluding tert-OH is 1. The Balaban J connectivity index is 2.40. The SMILES string of the molecule is CC1(CO)CCCO1. The molecule has 0 amide bonds. The Morgan fingerprint density at radius 3 is 2.75 bits per heavy atom. The molecule has 0 aromatic heterocycles. The summed E-state index contributed by atoms with van der Waals surface area (Å²) >= 11 is 0. The van der Waals surface area contributed by atoms with Gasteiger partial charge < -0.3 is 9.84 Å². The molecule has 0 saturated carbocycles. The van der Waals surface area contributed by atoms with E-state index in [9.17, 15) is 0 Å². The fourth-order valence-corrected chi connectivity index (χ4v) is 0.962. The van der Waals surface area contributed by atoms with Crippen LogP contribution in [0.4, 0.5) is 0 Å². The van der Waals surface area contributed by atoms with Crippen molar-refractivity contribution in [3.63, 3.8) is 0 Å². The van der Waals surface area contributed by atoms with Gasteiger partial charge in [0, 0.05) is 6.61 Å². The van der Waals surface area contributed by atoms with Gasteiger partial charge in [-0.15, -0.1) is 0 Å². The maximum Gasteiger partial charge on any atom is 0.0885 e. The minimum atomic E-state index is -0.208. The Kier molecular flexibility index (Phi) is 1.54. The van der Waals surface area contributed by atoms with Crippen LogP contribution in [0.3, 0.4) is 0 Å². The average Bonchev–Trinajstić information content (AvgIpc) is 2.17. The zero-order chi connectivity index (χ0) is 6.04. The van der Waals surface area contributed by atoms with Crippen LogP contribution in [0.15, 0.2) is 0 Å². The topological polar surface area (TPSA) is 29.5 Å². The van der Waals surface area contributed by atoms with Crippen LogP contribution in [0.1, 0.15) is 19.8 Å². The van der Waals surface area contributed by atoms with Crippen LogP contribution in [0.2, 0.25) is 0 Å². The molecule has 0 bridgehead atoms. The first-order valence-electron chi connectivity index (χ1n) is 3.02. The zero-order valence-corrected chi connectivity index (χ0v) is 5.18. The second-order valence-electron chi connectivity index (χ2n) is 2.56. The Morgan fingerprint density at radius 1 is 1.75 bits per heavy atom. The maximum absolute atomic E-state index is 8.70. The largest absolute Gasteiger partial charge is 0.393 e. The third kappa shape index (κ3) is 1.01. The van der Waals surface area contributed by atoms with Gasteiger partial charge in [0.25, 0.3) is 0 Å². The van der Waals surface area contributed by atoms with Crippen LogP contribution in [0.25, 0.3) is 0 Å². The summed E-state index contributed by atoms with van der Waals surface area (Å²) in [4.78, 5) is 0. The Bertz CT molecular complexity index is 74.6. The van der Waals surface area contributed by atoms with Gasteiger partial charge in [-0.3, -0.25) is 0 Å². The fourth-order valence-electron chi connectivity index (χ4n) is 0.962. The molecule has 0 aromatic carbocycles. The predicted molar refractivity (Wildman–Crippen MR) is 30.7 cm³/mol. The van der Waals surface area contributed by atoms with Crippen molar-refractivity contribution >= 4 is 0 Å². The highest BCUT2D eigenvalue weighted by atomic mass is 16.5. The molecule has 1 unspecified atom stereocenters. The van der Waals surface area contributed by atoms with Crippen molar-refractivity contribution in [3.05, 3.63) is 0 Å². The van der Waals surface area contributed by atoms with Gasteiger partial charge in [0.05, 0.1) is 12.2 Å². The van der Waals surface area contributed by atoms with E-state index in [1.54, 1.807) is 0 Å². The molecule has 1 saturated heterocycles. The normalized spacial score (nSPS) is 38.2. The predicted octanol–water partition coefficient (Wildman–Crippen LogP) is 0.548. The highest BCUT2D eigenvalue weighted by molar-refractivity contribution is 4.78. The summed E-state index contributed by atoms with van der Waals surface area (Å²) in [6.45, 7) is 2.92. The van der Waals surface area contributed by atoms with Crippen molar-refractivity contribution in [2.75, 3.05) is 13.2 Å². The average molecular weight is 116 g/mol. The van der Waals surface area contributed by atoms with Crippen LogP contribution in [0, 0.1) is 0 Å². The fraction of sp³-hybridized carbons (Fsp3) is 1.00. The molecule has 1 heterocycles. The van der Waals surface area contributed by atoms with E-state index in [2.05, 4.69) is 0 Å². The van der Waals surface area contributed by atoms with Crippen LogP contribution in [-0.4, -0.2) is 23.9 Å². The Morgan fingerprint density at radius 2 is 2.50 bits per heavy atom. The molecule has 1 rings (SSSR count). The molecule has 48 valence electrons. The number of hydrogen-bond acceptors (Lipinski definition) is 2. The van der Waals surface area contributed by atoms with Crippen molar-refractivity contribution < 1.29 is 9.84 Å². The van der Waals surface area contributed by atoms with Crippen molar-refractivity contribution in [2.45, 2.75) is 25.4 Å². The monoisotopic (exact) mass is 116 g/mol. The Labute approximate surface area is 49.5 Å². The molecule has 2 nitrogen and oxygen atoms in total. The molecule has 1 atom stereocenters. The van der Waals surface area contributed by atoms with E-state index in [1.807, 2.05) is 6.92 Å². The van der Waals surface area contributed by atoms with Crippen molar-refractivity contribution in [1.29, 1.82) is 0 Å². The van der Waals surface area contributed by atoms with Gasteiger partial charge in [0.15, 0.2) is 0 Å². The molecular formula is C6H12O2. The lowest BCUT2D eigenvalue weighted by Crippen LogP contribution is -2.27. The van der Waals surface area contributed by atoms with Crippen LogP contribution < -0.4 is 0 Å². The van der Waals surface area contributed by atoms with Gasteiger partial charge in [0.2, 0.25) is 0 Å². The van der Waals surface area contributed by atoms with Gasteiger partial charge >= 0.3 is 0 Å². The first kappa shape index (κ1) is 6.05. The van der Waals surface area contributed by atoms with E-state index in [4.69, 9.17) is 9.84 Å². The summed E-state index contributed by atoms with van der Waals surface area (Å²) in [6, 6.07) is 0. The minimum absolute atomic E-state index is 0.160. The van der Waals surface area contributed by atoms with Gasteiger partial charge in [-0.2, -0.15) is 0 Å². The molecule has 0 aromatic rings. The summed E-state index contributed by atoms with van der Waals surface area (Å²) in [5, 5.41) is 8.70. The number of rotatable bonds is 1. The lowest BCUT2D eigenvalue weighted by molar-refractivity contribution is -0.0236. The number of aliphatic hydroxyl groups is 1. The van der Waals surface area contributed by atoms with Crippen molar-refractivity contribution in [2.24, 2.45) is 0 Å². The van der Waals surface area contributed by atoms with E-state index in [1.165, 1.54) is 0 Å². The second-order valence-corrected chi connectivity index (χ2v) is 2.56. The molecule has 1 aliphatic heterocycles. The summed E-state index contributed by atoms with van der Waals surface area (Å²) in [7, 11) is 0. The van der Waals surface area contributed by atoms with Gasteiger partial charge in [-0.1, -0.05) is 0 Å². The molecular weight excluding hydrogens is 104 g/mol. The second kappa shape index (κ2) is 2.03. The van der Waals surface area contributed by atoms with Crippen LogP contribution >= 0.6 is 0 Å². The van der Waals surface area contributed by atoms with E-state index >= 15 is 0 Å². The first-order chi connectivity index (χ1) is 3.77. The molecule has 1 fully saturated rings. The standard InChI is InChI=1S/C6H12O2/c1-6(5-7)3-2-4-8-6/h7H,2-5H2,1H3. The molecule has 2 heteroatoms. The smallest absolute Gasteiger partial charge is 0.0885 e. The molecule has 0 radical (unpaired) electrons. The Hall–Kier alpha value is -0.0800. The quantitative estimate of drug-likeness (QED) is 0.542. The lowest BCUT2D eigenvalue weighted by atomic mass is 10.1. The lowest BCUT2D eigenvalue weighted by Gasteiger charge is -2.18. The highest BCUT2D eigenvalue weighted by Gasteiger charge is 2.28. The van der Waals surface area contributed by atoms with Gasteiger partial charge in [0.1, 0.15) is 0 Å². The summed E-state index contributed by atoms with van der Waals surface area (Å²) in [5.74, 6) is 0. The number of hydrogen-bond donors (Lipinski definition) is 1. The maximum atomic E-state index is 8.70. The summed E-state index contributed by atoms with van der Waals surface area (Å²) < 4.78 is 5.24. The summed E-state index contributed by atoms with van der Waals surface area (Å²) in [5.41, 5.74) is -0.208. The first-order valence-corrected chi connectivity index (χ1v) is 3.02. The third-order valence-corrected chi connectivity index (χ3v) is 1.63. The summed E-state index contributed by atoms with van der Waals surface area (Å²) in [6.07, 6.45) is 2.10. The molecule has 1 aliphatic rings. The highest BCUT2D eigenvalue weighted by Crippen LogP contribution is 2.23. The van der Waals surface area contributed by atoms with Crippen molar-refractivity contribution in [1.82, 2.24) is 0 Å². The molecule has 0 aliphatic carbocycles. The molecule has 1 N–H and O–H groups in total. The van der Waals surface area contributed by atoms with E-state index in [0.717, 1.165) is 19.4 Å². The van der Waals surface area contributed by atoms with Crippen LogP contribution in [0.5, 0.6) is 0 Å². The van der Waals surface area contributed by atoms with E-state index in [-0.39, 0.29) is 12.2 Å². The van der Waals surface area contributed by atoms with E-state index < -0.39 is 0 Å².